The van der Waals surface area contributed by atoms with Gasteiger partial charge in [-0.1, -0.05) is 11.6 Å². The van der Waals surface area contributed by atoms with Gasteiger partial charge >= 0.3 is 0 Å². The summed E-state index contributed by atoms with van der Waals surface area (Å²) in [4.78, 5) is 4.05. The Kier molecular flexibility index (Phi) is 4.16. The molecule has 94 valence electrons. The maximum absolute atomic E-state index is 13.1. The Morgan fingerprint density at radius 2 is 2.17 bits per heavy atom. The number of rotatable bonds is 3. The van der Waals surface area contributed by atoms with E-state index in [9.17, 15) is 4.39 Å². The Balaban J connectivity index is 2.25. The van der Waals surface area contributed by atoms with Crippen molar-refractivity contribution < 1.29 is 9.13 Å². The highest BCUT2D eigenvalue weighted by molar-refractivity contribution is 9.10. The summed E-state index contributed by atoms with van der Waals surface area (Å²) in [6, 6.07) is 5.98. The number of ether oxygens (including phenoxy) is 1. The zero-order chi connectivity index (χ0) is 13.1. The highest BCUT2D eigenvalue weighted by atomic mass is 79.9. The van der Waals surface area contributed by atoms with Crippen LogP contribution in [0.3, 0.4) is 0 Å². The van der Waals surface area contributed by atoms with Gasteiger partial charge in [-0.3, -0.25) is 0 Å². The molecule has 2 aromatic rings. The van der Waals surface area contributed by atoms with Gasteiger partial charge in [-0.15, -0.1) is 0 Å². The van der Waals surface area contributed by atoms with Crippen LogP contribution < -0.4 is 10.5 Å². The van der Waals surface area contributed by atoms with E-state index in [-0.39, 0.29) is 11.7 Å². The molecular weight excluding hydrogens is 323 g/mol. The molecule has 6 heteroatoms. The lowest BCUT2D eigenvalue weighted by atomic mass is 10.3. The molecule has 0 fully saturated rings. The van der Waals surface area contributed by atoms with Crippen molar-refractivity contribution in [2.75, 3.05) is 0 Å². The van der Waals surface area contributed by atoms with E-state index < -0.39 is 0 Å². The zero-order valence-corrected chi connectivity index (χ0v) is 11.5. The molecular formula is C12H9BrClFN2O. The van der Waals surface area contributed by atoms with E-state index >= 15 is 0 Å². The van der Waals surface area contributed by atoms with Crippen molar-refractivity contribution in [2.45, 2.75) is 6.54 Å². The Bertz CT molecular complexity index is 580. The molecule has 0 unspecified atom stereocenters. The average Bonchev–Trinajstić information content (AvgIpc) is 2.36. The zero-order valence-electron chi connectivity index (χ0n) is 9.16. The number of nitrogens with two attached hydrogens (primary N) is 1. The number of aromatic nitrogens is 1. The second kappa shape index (κ2) is 5.65. The minimum Gasteiger partial charge on any atom is -0.437 e. The van der Waals surface area contributed by atoms with Crippen molar-refractivity contribution in [1.82, 2.24) is 4.98 Å². The first-order chi connectivity index (χ1) is 8.60. The molecule has 18 heavy (non-hydrogen) atoms. The largest absolute Gasteiger partial charge is 0.437 e. The van der Waals surface area contributed by atoms with Gasteiger partial charge in [-0.25, -0.2) is 9.37 Å². The maximum atomic E-state index is 13.1. The van der Waals surface area contributed by atoms with E-state index in [4.69, 9.17) is 22.1 Å². The Labute approximate surface area is 117 Å². The molecule has 0 aliphatic carbocycles. The van der Waals surface area contributed by atoms with Gasteiger partial charge in [0.05, 0.1) is 4.47 Å². The molecule has 0 saturated heterocycles. The van der Waals surface area contributed by atoms with Crippen molar-refractivity contribution in [3.05, 3.63) is 51.3 Å². The summed E-state index contributed by atoms with van der Waals surface area (Å²) in [6.45, 7) is 0.356. The van der Waals surface area contributed by atoms with Crippen LogP contribution in [0, 0.1) is 5.82 Å². The van der Waals surface area contributed by atoms with Gasteiger partial charge in [0.15, 0.2) is 0 Å². The summed E-state index contributed by atoms with van der Waals surface area (Å²) in [5, 5.41) is 0.360. The molecule has 3 nitrogen and oxygen atoms in total. The molecule has 1 heterocycles. The van der Waals surface area contributed by atoms with Crippen molar-refractivity contribution in [3.63, 3.8) is 0 Å². The smallest absolute Gasteiger partial charge is 0.238 e. The van der Waals surface area contributed by atoms with Crippen LogP contribution in [0.2, 0.25) is 5.02 Å². The van der Waals surface area contributed by atoms with Gasteiger partial charge in [0.2, 0.25) is 5.88 Å². The molecule has 0 saturated carbocycles. The fourth-order valence-corrected chi connectivity index (χ4v) is 1.89. The molecule has 0 bridgehead atoms. The topological polar surface area (TPSA) is 48.1 Å². The molecule has 1 aromatic heterocycles. The predicted molar refractivity (Wildman–Crippen MR) is 71.3 cm³/mol. The summed E-state index contributed by atoms with van der Waals surface area (Å²) >= 11 is 9.08. The number of nitrogens with zero attached hydrogens (tertiary/aromatic N) is 1. The van der Waals surface area contributed by atoms with Crippen LogP contribution >= 0.6 is 27.5 Å². The van der Waals surface area contributed by atoms with Crippen molar-refractivity contribution in [3.8, 4) is 11.6 Å². The van der Waals surface area contributed by atoms with Crippen LogP contribution in [-0.2, 0) is 6.54 Å². The highest BCUT2D eigenvalue weighted by Crippen LogP contribution is 2.29. The molecule has 0 amide bonds. The highest BCUT2D eigenvalue weighted by Gasteiger charge is 2.07. The minimum atomic E-state index is -0.361. The number of hydrogen-bond donors (Lipinski definition) is 1. The molecule has 0 atom stereocenters. The van der Waals surface area contributed by atoms with Crippen LogP contribution in [0.15, 0.2) is 34.9 Å². The van der Waals surface area contributed by atoms with Gasteiger partial charge in [-0.2, -0.15) is 0 Å². The van der Waals surface area contributed by atoms with Crippen LogP contribution in [0.4, 0.5) is 4.39 Å². The van der Waals surface area contributed by atoms with Crippen molar-refractivity contribution in [2.24, 2.45) is 5.73 Å². The third-order valence-corrected chi connectivity index (χ3v) is 3.08. The quantitative estimate of drug-likeness (QED) is 0.928. The molecule has 0 radical (unpaired) electrons. The summed E-state index contributed by atoms with van der Waals surface area (Å²) < 4.78 is 18.8. The second-order valence-electron chi connectivity index (χ2n) is 3.51. The Morgan fingerprint density at radius 1 is 1.39 bits per heavy atom. The van der Waals surface area contributed by atoms with Gasteiger partial charge in [0.1, 0.15) is 16.6 Å². The molecule has 2 N–H and O–H groups in total. The summed E-state index contributed by atoms with van der Waals surface area (Å²) in [7, 11) is 0. The molecule has 1 aromatic carbocycles. The first-order valence-electron chi connectivity index (χ1n) is 5.07. The predicted octanol–water partition coefficient (Wildman–Crippen LogP) is 3.89. The fraction of sp³-hybridized carbons (Fsp3) is 0.0833. The first-order valence-corrected chi connectivity index (χ1v) is 6.24. The fourth-order valence-electron chi connectivity index (χ4n) is 1.30. The summed E-state index contributed by atoms with van der Waals surface area (Å²) in [5.41, 5.74) is 6.28. The minimum absolute atomic E-state index is 0.257. The summed E-state index contributed by atoms with van der Waals surface area (Å²) in [6.07, 6.45) is 1.58. The Hall–Kier alpha value is -1.17. The van der Waals surface area contributed by atoms with Crippen LogP contribution in [0.5, 0.6) is 11.6 Å². The van der Waals surface area contributed by atoms with Gasteiger partial charge in [0, 0.05) is 12.7 Å². The molecule has 2 rings (SSSR count). The second-order valence-corrected chi connectivity index (χ2v) is 4.77. The lowest BCUT2D eigenvalue weighted by molar-refractivity contribution is 0.460. The van der Waals surface area contributed by atoms with Crippen molar-refractivity contribution >= 4 is 27.5 Å². The summed E-state index contributed by atoms with van der Waals surface area (Å²) in [5.74, 6) is 0.338. The standard InChI is InChI=1S/C12H9BrClFN2O/c13-9-4-8(1-2-11(9)15)18-12-10(14)3-7(5-16)6-17-12/h1-4,6H,5,16H2. The van der Waals surface area contributed by atoms with E-state index in [0.717, 1.165) is 5.56 Å². The molecule has 0 aliphatic rings. The number of hydrogen-bond acceptors (Lipinski definition) is 3. The van der Waals surface area contributed by atoms with Crippen LogP contribution in [-0.4, -0.2) is 4.98 Å². The lowest BCUT2D eigenvalue weighted by Crippen LogP contribution is -1.98. The van der Waals surface area contributed by atoms with Gasteiger partial charge < -0.3 is 10.5 Å². The number of benzene rings is 1. The van der Waals surface area contributed by atoms with Crippen molar-refractivity contribution in [1.29, 1.82) is 0 Å². The van der Waals surface area contributed by atoms with Gasteiger partial charge in [0.25, 0.3) is 0 Å². The normalized spacial score (nSPS) is 10.4. The lowest BCUT2D eigenvalue weighted by Gasteiger charge is -2.08. The number of halogens is 3. The van der Waals surface area contributed by atoms with E-state index in [1.54, 1.807) is 12.3 Å². The van der Waals surface area contributed by atoms with Crippen LogP contribution in [0.25, 0.3) is 0 Å². The third-order valence-electron chi connectivity index (χ3n) is 2.21. The number of pyridine rings is 1. The van der Waals surface area contributed by atoms with E-state index in [1.807, 2.05) is 0 Å². The average molecular weight is 332 g/mol. The SMILES string of the molecule is NCc1cnc(Oc2ccc(F)c(Br)c2)c(Cl)c1. The molecule has 0 spiro atoms. The maximum Gasteiger partial charge on any atom is 0.238 e. The Morgan fingerprint density at radius 3 is 2.78 bits per heavy atom. The van der Waals surface area contributed by atoms with E-state index in [1.165, 1.54) is 18.2 Å². The first kappa shape index (κ1) is 13.3. The van der Waals surface area contributed by atoms with E-state index in [0.29, 0.717) is 21.8 Å². The molecule has 0 aliphatic heterocycles. The van der Waals surface area contributed by atoms with Gasteiger partial charge in [-0.05, 0) is 45.8 Å². The monoisotopic (exact) mass is 330 g/mol. The van der Waals surface area contributed by atoms with E-state index in [2.05, 4.69) is 20.9 Å². The van der Waals surface area contributed by atoms with Crippen LogP contribution in [0.1, 0.15) is 5.56 Å². The third kappa shape index (κ3) is 2.98.